The van der Waals surface area contributed by atoms with Crippen molar-refractivity contribution in [2.45, 2.75) is 83.1 Å². The highest BCUT2D eigenvalue weighted by atomic mass is 14.9. The number of anilines is 1. The third-order valence-electron chi connectivity index (χ3n) is 4.38. The maximum atomic E-state index is 4.12. The molecule has 0 amide bonds. The molecule has 0 saturated carbocycles. The normalized spacial score (nSPS) is 11.8. The van der Waals surface area contributed by atoms with Gasteiger partial charge < -0.3 is 5.32 Å². The largest absolute Gasteiger partial charge is 0.356 e. The summed E-state index contributed by atoms with van der Waals surface area (Å²) in [5, 5.41) is 3.35. The first kappa shape index (κ1) is 34.1. The maximum absolute atomic E-state index is 4.12. The molecule has 0 radical (unpaired) electrons. The van der Waals surface area contributed by atoms with Gasteiger partial charge in [-0.2, -0.15) is 0 Å². The lowest BCUT2D eigenvalue weighted by Crippen LogP contribution is -1.97. The van der Waals surface area contributed by atoms with Crippen LogP contribution in [0.2, 0.25) is 0 Å². The van der Waals surface area contributed by atoms with Crippen molar-refractivity contribution < 1.29 is 0 Å². The summed E-state index contributed by atoms with van der Waals surface area (Å²) in [6, 6.07) is 8.30. The highest BCUT2D eigenvalue weighted by Crippen LogP contribution is 2.19. The van der Waals surface area contributed by atoms with Crippen LogP contribution in [0.1, 0.15) is 81.7 Å². The van der Waals surface area contributed by atoms with Gasteiger partial charge in [-0.05, 0) is 88.0 Å². The van der Waals surface area contributed by atoms with Gasteiger partial charge in [-0.25, -0.2) is 0 Å². The third-order valence-corrected chi connectivity index (χ3v) is 4.38. The molecule has 1 N–H and O–H groups in total. The van der Waals surface area contributed by atoms with E-state index < -0.39 is 0 Å². The van der Waals surface area contributed by atoms with E-state index in [1.165, 1.54) is 27.9 Å². The lowest BCUT2D eigenvalue weighted by Gasteiger charge is -2.10. The number of hydrogen-bond acceptors (Lipinski definition) is 1. The molecule has 0 heterocycles. The molecule has 32 heavy (non-hydrogen) atoms. The van der Waals surface area contributed by atoms with Crippen LogP contribution >= 0.6 is 0 Å². The molecule has 0 unspecified atom stereocenters. The predicted octanol–water partition coefficient (Wildman–Crippen LogP) is 10.6. The minimum Gasteiger partial charge on any atom is -0.356 e. The second kappa shape index (κ2) is 21.7. The third kappa shape index (κ3) is 17.2. The number of rotatable bonds is 7. The molecule has 1 aromatic carbocycles. The molecule has 0 aliphatic rings. The van der Waals surface area contributed by atoms with Crippen LogP contribution in [-0.4, -0.2) is 0 Å². The topological polar surface area (TPSA) is 12.0 Å². The van der Waals surface area contributed by atoms with Gasteiger partial charge in [-0.1, -0.05) is 90.1 Å². The number of allylic oxidation sites excluding steroid dienone is 9. The predicted molar refractivity (Wildman–Crippen MR) is 152 cm³/mol. The second-order valence-electron chi connectivity index (χ2n) is 7.37. The van der Waals surface area contributed by atoms with E-state index >= 15 is 0 Å². The highest BCUT2D eigenvalue weighted by molar-refractivity contribution is 5.54. The average molecular weight is 438 g/mol. The molecule has 0 fully saturated rings. The van der Waals surface area contributed by atoms with Gasteiger partial charge in [-0.3, -0.25) is 0 Å². The molecular weight excluding hydrogens is 386 g/mol. The first-order valence-electron chi connectivity index (χ1n) is 12.0. The lowest BCUT2D eigenvalue weighted by atomic mass is 10.0. The Hall–Kier alpha value is -2.54. The fourth-order valence-electron chi connectivity index (χ4n) is 2.29. The second-order valence-corrected chi connectivity index (χ2v) is 7.37. The Morgan fingerprint density at radius 2 is 1.41 bits per heavy atom. The molecule has 0 atom stereocenters. The molecule has 0 aliphatic heterocycles. The summed E-state index contributed by atoms with van der Waals surface area (Å²) < 4.78 is 0. The summed E-state index contributed by atoms with van der Waals surface area (Å²) in [5.41, 5.74) is 8.19. The van der Waals surface area contributed by atoms with Gasteiger partial charge in [-0.15, -0.1) is 6.58 Å². The van der Waals surface area contributed by atoms with Crippen molar-refractivity contribution in [3.8, 4) is 0 Å². The highest BCUT2D eigenvalue weighted by Gasteiger charge is 2.00. The van der Waals surface area contributed by atoms with Crippen LogP contribution in [0.3, 0.4) is 0 Å². The molecule has 1 heteroatoms. The smallest absolute Gasteiger partial charge is 0.0386 e. The number of benzene rings is 1. The van der Waals surface area contributed by atoms with Gasteiger partial charge in [0.05, 0.1) is 0 Å². The SMILES string of the molecule is C=C(\C=C(C)/C(=C\C)/C=C(C)/C(C)=C/C)Nc1cccc(C)c1.C=CC(C)C.CC.CC. The Morgan fingerprint density at radius 3 is 1.81 bits per heavy atom. The van der Waals surface area contributed by atoms with Crippen molar-refractivity contribution in [3.05, 3.63) is 101 Å². The summed E-state index contributed by atoms with van der Waals surface area (Å²) in [5.74, 6) is 0.648. The van der Waals surface area contributed by atoms with Crippen LogP contribution in [0.25, 0.3) is 0 Å². The first-order chi connectivity index (χ1) is 15.1. The molecule has 1 nitrogen and oxygen atoms in total. The van der Waals surface area contributed by atoms with Crippen LogP contribution in [0.4, 0.5) is 5.69 Å². The van der Waals surface area contributed by atoms with E-state index in [-0.39, 0.29) is 0 Å². The summed E-state index contributed by atoms with van der Waals surface area (Å²) in [6.45, 7) is 32.5. The molecule has 0 saturated heterocycles. The molecule has 0 aliphatic carbocycles. The van der Waals surface area contributed by atoms with Gasteiger partial charge in [0.2, 0.25) is 0 Å². The van der Waals surface area contributed by atoms with E-state index in [9.17, 15) is 0 Å². The van der Waals surface area contributed by atoms with E-state index in [4.69, 9.17) is 0 Å². The van der Waals surface area contributed by atoms with Crippen LogP contribution in [0.15, 0.2) is 95.8 Å². The zero-order chi connectivity index (χ0) is 25.7. The summed E-state index contributed by atoms with van der Waals surface area (Å²) in [4.78, 5) is 0. The zero-order valence-electron chi connectivity index (χ0n) is 23.2. The van der Waals surface area contributed by atoms with Gasteiger partial charge in [0, 0.05) is 11.4 Å². The Balaban J connectivity index is -0.000000803. The lowest BCUT2D eigenvalue weighted by molar-refractivity contribution is 0.835. The van der Waals surface area contributed by atoms with Gasteiger partial charge >= 0.3 is 0 Å². The number of hydrogen-bond donors (Lipinski definition) is 1. The van der Waals surface area contributed by atoms with E-state index in [1.54, 1.807) is 0 Å². The van der Waals surface area contributed by atoms with Gasteiger partial charge in [0.15, 0.2) is 0 Å². The summed E-state index contributed by atoms with van der Waals surface area (Å²) in [6.07, 6.45) is 10.5. The van der Waals surface area contributed by atoms with Crippen molar-refractivity contribution in [1.29, 1.82) is 0 Å². The average Bonchev–Trinajstić information content (AvgIpc) is 2.79. The molecule has 180 valence electrons. The minimum atomic E-state index is 0.648. The fourth-order valence-corrected chi connectivity index (χ4v) is 2.29. The van der Waals surface area contributed by atoms with E-state index in [2.05, 4.69) is 116 Å². The maximum Gasteiger partial charge on any atom is 0.0386 e. The van der Waals surface area contributed by atoms with Crippen molar-refractivity contribution in [3.63, 3.8) is 0 Å². The minimum absolute atomic E-state index is 0.648. The summed E-state index contributed by atoms with van der Waals surface area (Å²) in [7, 11) is 0. The molecule has 1 aromatic rings. The Bertz CT molecular complexity index is 767. The van der Waals surface area contributed by atoms with Crippen molar-refractivity contribution in [1.82, 2.24) is 0 Å². The monoisotopic (exact) mass is 437 g/mol. The van der Waals surface area contributed by atoms with E-state index in [0.29, 0.717) is 5.92 Å². The van der Waals surface area contributed by atoms with Gasteiger partial charge in [0.1, 0.15) is 0 Å². The van der Waals surface area contributed by atoms with Crippen LogP contribution in [0.5, 0.6) is 0 Å². The zero-order valence-corrected chi connectivity index (χ0v) is 23.2. The Morgan fingerprint density at radius 1 is 0.875 bits per heavy atom. The van der Waals surface area contributed by atoms with E-state index in [1.807, 2.05) is 39.8 Å². The first-order valence-corrected chi connectivity index (χ1v) is 12.0. The Labute approximate surface area is 201 Å². The van der Waals surface area contributed by atoms with Crippen molar-refractivity contribution >= 4 is 5.69 Å². The van der Waals surface area contributed by atoms with Crippen LogP contribution in [-0.2, 0) is 0 Å². The van der Waals surface area contributed by atoms with Gasteiger partial charge in [0.25, 0.3) is 0 Å². The molecule has 0 aromatic heterocycles. The van der Waals surface area contributed by atoms with E-state index in [0.717, 1.165) is 11.4 Å². The van der Waals surface area contributed by atoms with Crippen molar-refractivity contribution in [2.75, 3.05) is 5.32 Å². The number of nitrogens with one attached hydrogen (secondary N) is 1. The number of aryl methyl sites for hydroxylation is 1. The quantitative estimate of drug-likeness (QED) is 0.330. The Kier molecular flexibility index (Phi) is 23.1. The molecule has 0 bridgehead atoms. The standard InChI is InChI=1S/C22H29N.C5H10.2C2H6/c1-8-17(4)18(5)15-21(9-2)19(6)14-20(7)23-22-12-10-11-16(3)13-22;1-4-5(2)3;2*1-2/h8-15,23H,7H2,1-6H3;4-5H,1H2,2-3H3;2*1-2H3/b17-8+,18-15+,19-14-,21-9-;;;. The van der Waals surface area contributed by atoms with Crippen molar-refractivity contribution in [2.24, 2.45) is 5.92 Å². The van der Waals surface area contributed by atoms with Crippen LogP contribution in [0, 0.1) is 12.8 Å². The molecular formula is C31H51N. The van der Waals surface area contributed by atoms with Crippen LogP contribution < -0.4 is 5.32 Å². The summed E-state index contributed by atoms with van der Waals surface area (Å²) >= 11 is 0. The molecule has 1 rings (SSSR count). The molecule has 0 spiro atoms. The fraction of sp³-hybridized carbons (Fsp3) is 0.419.